The van der Waals surface area contributed by atoms with Gasteiger partial charge >= 0.3 is 5.97 Å². The van der Waals surface area contributed by atoms with E-state index in [1.165, 1.54) is 7.11 Å². The highest BCUT2D eigenvalue weighted by atomic mass is 32.2. The van der Waals surface area contributed by atoms with Crippen molar-refractivity contribution in [3.05, 3.63) is 18.1 Å². The highest BCUT2D eigenvalue weighted by Crippen LogP contribution is 2.52. The van der Waals surface area contributed by atoms with Crippen LogP contribution in [0.4, 0.5) is 0 Å². The van der Waals surface area contributed by atoms with Gasteiger partial charge in [0.25, 0.3) is 0 Å². The maximum atomic E-state index is 11.4. The first-order valence-electron chi connectivity index (χ1n) is 6.56. The molecule has 1 aliphatic carbocycles. The smallest absolute Gasteiger partial charge is 0.306 e. The second-order valence-electron chi connectivity index (χ2n) is 5.48. The van der Waals surface area contributed by atoms with Crippen molar-refractivity contribution in [3.63, 3.8) is 0 Å². The largest absolute Gasteiger partial charge is 0.469 e. The summed E-state index contributed by atoms with van der Waals surface area (Å²) in [6.07, 6.45) is 4.37. The average Bonchev–Trinajstić information content (AvgIpc) is 3.17. The van der Waals surface area contributed by atoms with Crippen LogP contribution in [-0.4, -0.2) is 28.8 Å². The Bertz CT molecular complexity index is 459. The van der Waals surface area contributed by atoms with Crippen LogP contribution in [0.3, 0.4) is 0 Å². The lowest BCUT2D eigenvalue weighted by molar-refractivity contribution is -0.141. The minimum atomic E-state index is -0.108. The number of carbonyl (C=O) groups is 1. The molecule has 0 saturated heterocycles. The summed E-state index contributed by atoms with van der Waals surface area (Å²) in [6, 6.07) is 2.05. The molecule has 1 heterocycles. The van der Waals surface area contributed by atoms with Crippen molar-refractivity contribution in [2.75, 3.05) is 12.9 Å². The monoisotopic (exact) mass is 280 g/mol. The fourth-order valence-electron chi connectivity index (χ4n) is 1.90. The summed E-state index contributed by atoms with van der Waals surface area (Å²) in [6.45, 7) is 4.24. The van der Waals surface area contributed by atoms with Gasteiger partial charge < -0.3 is 4.74 Å². The van der Waals surface area contributed by atoms with Crippen molar-refractivity contribution in [3.8, 4) is 0 Å². The van der Waals surface area contributed by atoms with Gasteiger partial charge in [0.05, 0.1) is 18.6 Å². The van der Waals surface area contributed by atoms with Crippen molar-refractivity contribution in [1.29, 1.82) is 0 Å². The Balaban J connectivity index is 1.92. The Morgan fingerprint density at radius 3 is 2.79 bits per heavy atom. The third-order valence-corrected chi connectivity index (χ3v) is 4.76. The lowest BCUT2D eigenvalue weighted by Crippen LogP contribution is -2.13. The van der Waals surface area contributed by atoms with Crippen LogP contribution in [0, 0.1) is 5.41 Å². The number of esters is 1. The molecular formula is C14H20N2O2S. The van der Waals surface area contributed by atoms with Gasteiger partial charge in [-0.05, 0) is 30.2 Å². The molecule has 0 amide bonds. The summed E-state index contributed by atoms with van der Waals surface area (Å²) < 4.78 is 4.75. The predicted octanol–water partition coefficient (Wildman–Crippen LogP) is 3.04. The van der Waals surface area contributed by atoms with Gasteiger partial charge in [0.1, 0.15) is 6.33 Å². The lowest BCUT2D eigenvalue weighted by atomic mass is 10.1. The van der Waals surface area contributed by atoms with E-state index in [4.69, 9.17) is 4.74 Å². The fourth-order valence-corrected chi connectivity index (χ4v) is 3.07. The van der Waals surface area contributed by atoms with Crippen molar-refractivity contribution in [2.45, 2.75) is 44.1 Å². The van der Waals surface area contributed by atoms with E-state index in [2.05, 4.69) is 23.8 Å². The molecule has 2 rings (SSSR count). The molecule has 1 fully saturated rings. The zero-order chi connectivity index (χ0) is 13.9. The van der Waals surface area contributed by atoms with Gasteiger partial charge in [0.2, 0.25) is 0 Å². The molecule has 0 N–H and O–H groups in total. The number of nitrogens with zero attached hydrogens (tertiary/aromatic N) is 2. The standard InChI is InChI=1S/C14H20N2O2S/c1-10(2)11-6-12(16-9-15-11)19-8-14(4-5-14)7-13(17)18-3/h6,9-10H,4-5,7-8H2,1-3H3. The topological polar surface area (TPSA) is 52.1 Å². The maximum absolute atomic E-state index is 11.4. The number of rotatable bonds is 6. The molecule has 5 heteroatoms. The third-order valence-electron chi connectivity index (χ3n) is 3.49. The first-order valence-corrected chi connectivity index (χ1v) is 7.55. The van der Waals surface area contributed by atoms with Crippen LogP contribution >= 0.6 is 11.8 Å². The summed E-state index contributed by atoms with van der Waals surface area (Å²) in [4.78, 5) is 19.9. The molecule has 0 atom stereocenters. The molecule has 1 saturated carbocycles. The zero-order valence-corrected chi connectivity index (χ0v) is 12.5. The number of hydrogen-bond acceptors (Lipinski definition) is 5. The van der Waals surface area contributed by atoms with E-state index in [0.717, 1.165) is 29.3 Å². The molecular weight excluding hydrogens is 260 g/mol. The summed E-state index contributed by atoms with van der Waals surface area (Å²) in [5, 5.41) is 0.995. The first kappa shape index (κ1) is 14.3. The van der Waals surface area contributed by atoms with Crippen LogP contribution < -0.4 is 0 Å². The average molecular weight is 280 g/mol. The molecule has 1 aromatic heterocycles. The van der Waals surface area contributed by atoms with Crippen LogP contribution in [0.1, 0.15) is 44.7 Å². The van der Waals surface area contributed by atoms with Crippen LogP contribution in [0.2, 0.25) is 0 Å². The summed E-state index contributed by atoms with van der Waals surface area (Å²) >= 11 is 1.72. The Labute approximate surface area is 118 Å². The molecule has 0 radical (unpaired) electrons. The van der Waals surface area contributed by atoms with Crippen molar-refractivity contribution >= 4 is 17.7 Å². The van der Waals surface area contributed by atoms with Crippen LogP contribution in [-0.2, 0) is 9.53 Å². The van der Waals surface area contributed by atoms with Gasteiger partial charge in [0.15, 0.2) is 0 Å². The van der Waals surface area contributed by atoms with E-state index >= 15 is 0 Å². The molecule has 0 aliphatic heterocycles. The van der Waals surface area contributed by atoms with Gasteiger partial charge in [0, 0.05) is 11.4 Å². The Morgan fingerprint density at radius 1 is 1.47 bits per heavy atom. The Morgan fingerprint density at radius 2 is 2.21 bits per heavy atom. The van der Waals surface area contributed by atoms with Gasteiger partial charge in [-0.1, -0.05) is 13.8 Å². The molecule has 104 valence electrons. The van der Waals surface area contributed by atoms with Gasteiger partial charge in [-0.2, -0.15) is 0 Å². The maximum Gasteiger partial charge on any atom is 0.306 e. The minimum absolute atomic E-state index is 0.108. The van der Waals surface area contributed by atoms with E-state index < -0.39 is 0 Å². The van der Waals surface area contributed by atoms with Gasteiger partial charge in [-0.15, -0.1) is 11.8 Å². The molecule has 1 aromatic rings. The summed E-state index contributed by atoms with van der Waals surface area (Å²) in [7, 11) is 1.45. The highest BCUT2D eigenvalue weighted by molar-refractivity contribution is 7.99. The van der Waals surface area contributed by atoms with E-state index in [9.17, 15) is 4.79 Å². The van der Waals surface area contributed by atoms with Crippen molar-refractivity contribution < 1.29 is 9.53 Å². The van der Waals surface area contributed by atoms with Crippen LogP contribution in [0.25, 0.3) is 0 Å². The number of ether oxygens (including phenoxy) is 1. The zero-order valence-electron chi connectivity index (χ0n) is 11.7. The third kappa shape index (κ3) is 3.93. The Hall–Kier alpha value is -1.10. The first-order chi connectivity index (χ1) is 9.04. The molecule has 19 heavy (non-hydrogen) atoms. The molecule has 0 bridgehead atoms. The molecule has 4 nitrogen and oxygen atoms in total. The van der Waals surface area contributed by atoms with Gasteiger partial charge in [-0.3, -0.25) is 4.79 Å². The molecule has 0 unspecified atom stereocenters. The van der Waals surface area contributed by atoms with E-state index in [1.54, 1.807) is 18.1 Å². The summed E-state index contributed by atoms with van der Waals surface area (Å²) in [5.74, 6) is 1.23. The van der Waals surface area contributed by atoms with E-state index in [1.807, 2.05) is 6.07 Å². The van der Waals surface area contributed by atoms with Crippen LogP contribution in [0.15, 0.2) is 17.4 Å². The normalized spacial score (nSPS) is 16.4. The van der Waals surface area contributed by atoms with Crippen molar-refractivity contribution in [1.82, 2.24) is 9.97 Å². The van der Waals surface area contributed by atoms with Crippen molar-refractivity contribution in [2.24, 2.45) is 5.41 Å². The van der Waals surface area contributed by atoms with Crippen LogP contribution in [0.5, 0.6) is 0 Å². The summed E-state index contributed by atoms with van der Waals surface area (Å²) in [5.41, 5.74) is 1.20. The molecule has 0 aromatic carbocycles. The molecule has 0 spiro atoms. The molecule has 1 aliphatic rings. The number of thioether (sulfide) groups is 1. The SMILES string of the molecule is COC(=O)CC1(CSc2cc(C(C)C)ncn2)CC1. The quantitative estimate of drug-likeness (QED) is 0.455. The second kappa shape index (κ2) is 5.90. The number of hydrogen-bond donors (Lipinski definition) is 0. The predicted molar refractivity (Wildman–Crippen MR) is 75.1 cm³/mol. The second-order valence-corrected chi connectivity index (χ2v) is 6.47. The number of aromatic nitrogens is 2. The highest BCUT2D eigenvalue weighted by Gasteiger charge is 2.44. The van der Waals surface area contributed by atoms with E-state index in [0.29, 0.717) is 12.3 Å². The minimum Gasteiger partial charge on any atom is -0.469 e. The lowest BCUT2D eigenvalue weighted by Gasteiger charge is -2.13. The fraction of sp³-hybridized carbons (Fsp3) is 0.643. The number of carbonyl (C=O) groups excluding carboxylic acids is 1. The van der Waals surface area contributed by atoms with Gasteiger partial charge in [-0.25, -0.2) is 9.97 Å². The Kier molecular flexibility index (Phi) is 4.45. The number of methoxy groups -OCH3 is 1. The van der Waals surface area contributed by atoms with E-state index in [-0.39, 0.29) is 11.4 Å².